The van der Waals surface area contributed by atoms with Gasteiger partial charge in [0.25, 0.3) is 0 Å². The number of hydrogen-bond donors (Lipinski definition) is 1. The van der Waals surface area contributed by atoms with Gasteiger partial charge in [-0.15, -0.1) is 0 Å². The number of benzene rings is 1. The lowest BCUT2D eigenvalue weighted by molar-refractivity contribution is 0.598. The summed E-state index contributed by atoms with van der Waals surface area (Å²) in [4.78, 5) is 0. The number of nitrogens with one attached hydrogen (secondary N) is 1. The van der Waals surface area contributed by atoms with Crippen LogP contribution in [0.5, 0.6) is 0 Å². The van der Waals surface area contributed by atoms with E-state index in [4.69, 9.17) is 11.6 Å². The second-order valence-corrected chi connectivity index (χ2v) is 5.77. The zero-order valence-corrected chi connectivity index (χ0v) is 13.4. The maximum absolute atomic E-state index is 6.19. The molecule has 1 unspecified atom stereocenters. The number of rotatable bonds is 5. The van der Waals surface area contributed by atoms with E-state index in [0.717, 1.165) is 33.6 Å². The summed E-state index contributed by atoms with van der Waals surface area (Å²) >= 11 is 9.61. The Morgan fingerprint density at radius 3 is 2.79 bits per heavy atom. The van der Waals surface area contributed by atoms with Gasteiger partial charge in [-0.05, 0) is 46.6 Å². The molecule has 3 nitrogen and oxygen atoms in total. The van der Waals surface area contributed by atoms with Gasteiger partial charge in [0.1, 0.15) is 0 Å². The van der Waals surface area contributed by atoms with Gasteiger partial charge in [0.15, 0.2) is 0 Å². The molecule has 0 aliphatic carbocycles. The van der Waals surface area contributed by atoms with Gasteiger partial charge < -0.3 is 5.32 Å². The van der Waals surface area contributed by atoms with E-state index in [-0.39, 0.29) is 6.04 Å². The summed E-state index contributed by atoms with van der Waals surface area (Å²) in [5.41, 5.74) is 2.30. The van der Waals surface area contributed by atoms with Crippen LogP contribution in [0.4, 0.5) is 0 Å². The summed E-state index contributed by atoms with van der Waals surface area (Å²) in [5, 5.41) is 8.51. The molecule has 1 aromatic heterocycles. The minimum atomic E-state index is 0.124. The zero-order valence-electron chi connectivity index (χ0n) is 11.0. The quantitative estimate of drug-likeness (QED) is 0.892. The highest BCUT2D eigenvalue weighted by atomic mass is 79.9. The molecule has 0 spiro atoms. The number of aryl methyl sites for hydroxylation is 1. The molecule has 0 saturated carbocycles. The third kappa shape index (κ3) is 3.59. The van der Waals surface area contributed by atoms with E-state index in [0.29, 0.717) is 0 Å². The van der Waals surface area contributed by atoms with Crippen molar-refractivity contribution in [2.24, 2.45) is 7.05 Å². The highest BCUT2D eigenvalue weighted by molar-refractivity contribution is 9.10. The van der Waals surface area contributed by atoms with Gasteiger partial charge in [0.05, 0.1) is 17.3 Å². The lowest BCUT2D eigenvalue weighted by Crippen LogP contribution is -2.22. The maximum Gasteiger partial charge on any atom is 0.0608 e. The number of hydrogen-bond acceptors (Lipinski definition) is 2. The monoisotopic (exact) mass is 341 g/mol. The SMILES string of the molecule is CCCNC(c1ccc(Br)c(Cl)c1)c1cnn(C)c1. The third-order valence-electron chi connectivity index (χ3n) is 2.93. The van der Waals surface area contributed by atoms with Gasteiger partial charge in [-0.1, -0.05) is 24.6 Å². The Bertz CT molecular complexity index is 553. The average Bonchev–Trinajstić information content (AvgIpc) is 2.80. The van der Waals surface area contributed by atoms with Crippen LogP contribution in [0.2, 0.25) is 5.02 Å². The van der Waals surface area contributed by atoms with Gasteiger partial charge in [-0.2, -0.15) is 5.10 Å². The third-order valence-corrected chi connectivity index (χ3v) is 4.17. The first-order valence-electron chi connectivity index (χ1n) is 6.28. The van der Waals surface area contributed by atoms with Crippen molar-refractivity contribution in [2.75, 3.05) is 6.54 Å². The molecule has 2 aromatic rings. The van der Waals surface area contributed by atoms with E-state index < -0.39 is 0 Å². The Morgan fingerprint density at radius 1 is 1.42 bits per heavy atom. The van der Waals surface area contributed by atoms with Crippen molar-refractivity contribution in [1.29, 1.82) is 0 Å². The molecular formula is C14H17BrClN3. The van der Waals surface area contributed by atoms with Crippen LogP contribution in [0, 0.1) is 0 Å². The summed E-state index contributed by atoms with van der Waals surface area (Å²) in [6.45, 7) is 3.11. The second-order valence-electron chi connectivity index (χ2n) is 4.51. The van der Waals surface area contributed by atoms with Crippen molar-refractivity contribution in [3.8, 4) is 0 Å². The summed E-state index contributed by atoms with van der Waals surface area (Å²) in [5.74, 6) is 0. The number of aromatic nitrogens is 2. The van der Waals surface area contributed by atoms with Gasteiger partial charge >= 0.3 is 0 Å². The van der Waals surface area contributed by atoms with Crippen LogP contribution in [0.3, 0.4) is 0 Å². The summed E-state index contributed by atoms with van der Waals surface area (Å²) in [6, 6.07) is 6.18. The fourth-order valence-corrected chi connectivity index (χ4v) is 2.43. The standard InChI is InChI=1S/C14H17BrClN3/c1-3-6-17-14(11-8-18-19(2)9-11)10-4-5-12(15)13(16)7-10/h4-5,7-9,14,17H,3,6H2,1-2H3. The Labute approximate surface area is 127 Å². The molecule has 0 radical (unpaired) electrons. The van der Waals surface area contributed by atoms with E-state index in [9.17, 15) is 0 Å². The van der Waals surface area contributed by atoms with Gasteiger partial charge in [0, 0.05) is 23.3 Å². The lowest BCUT2D eigenvalue weighted by Gasteiger charge is -2.18. The number of halogens is 2. The van der Waals surface area contributed by atoms with Gasteiger partial charge in [-0.3, -0.25) is 4.68 Å². The molecular weight excluding hydrogens is 326 g/mol. The van der Waals surface area contributed by atoms with Crippen molar-refractivity contribution in [3.05, 3.63) is 51.2 Å². The zero-order chi connectivity index (χ0) is 13.8. The van der Waals surface area contributed by atoms with Crippen LogP contribution in [0.1, 0.15) is 30.5 Å². The lowest BCUT2D eigenvalue weighted by atomic mass is 10.0. The molecule has 0 fully saturated rings. The molecule has 0 saturated heterocycles. The normalized spacial score (nSPS) is 12.6. The van der Waals surface area contributed by atoms with E-state index in [1.54, 1.807) is 0 Å². The fourth-order valence-electron chi connectivity index (χ4n) is 2.00. The molecule has 2 rings (SSSR count). The predicted octanol–water partition coefficient (Wildman–Crippen LogP) is 3.93. The van der Waals surface area contributed by atoms with Crippen LogP contribution in [-0.2, 0) is 7.05 Å². The van der Waals surface area contributed by atoms with Crippen molar-refractivity contribution in [3.63, 3.8) is 0 Å². The molecule has 19 heavy (non-hydrogen) atoms. The minimum Gasteiger partial charge on any atom is -0.306 e. The average molecular weight is 343 g/mol. The first kappa shape index (κ1) is 14.6. The summed E-state index contributed by atoms with van der Waals surface area (Å²) in [7, 11) is 1.93. The highest BCUT2D eigenvalue weighted by Crippen LogP contribution is 2.29. The van der Waals surface area contributed by atoms with Crippen LogP contribution in [0.15, 0.2) is 35.1 Å². The predicted molar refractivity (Wildman–Crippen MR) is 82.5 cm³/mol. The van der Waals surface area contributed by atoms with Crippen molar-refractivity contribution in [2.45, 2.75) is 19.4 Å². The van der Waals surface area contributed by atoms with E-state index >= 15 is 0 Å². The Balaban J connectivity index is 2.33. The highest BCUT2D eigenvalue weighted by Gasteiger charge is 2.15. The topological polar surface area (TPSA) is 29.9 Å². The van der Waals surface area contributed by atoms with Gasteiger partial charge in [0.2, 0.25) is 0 Å². The van der Waals surface area contributed by atoms with Crippen LogP contribution < -0.4 is 5.32 Å². The van der Waals surface area contributed by atoms with Gasteiger partial charge in [-0.25, -0.2) is 0 Å². The number of nitrogens with zero attached hydrogens (tertiary/aromatic N) is 2. The Kier molecular flexibility index (Phi) is 5.02. The maximum atomic E-state index is 6.19. The minimum absolute atomic E-state index is 0.124. The van der Waals surface area contributed by atoms with E-state index in [1.807, 2.05) is 36.3 Å². The molecule has 0 bridgehead atoms. The first-order valence-corrected chi connectivity index (χ1v) is 7.45. The molecule has 102 valence electrons. The van der Waals surface area contributed by atoms with Crippen molar-refractivity contribution >= 4 is 27.5 Å². The molecule has 5 heteroatoms. The molecule has 1 N–H and O–H groups in total. The van der Waals surface area contributed by atoms with E-state index in [1.165, 1.54) is 0 Å². The summed E-state index contributed by atoms with van der Waals surface area (Å²) in [6.07, 6.45) is 5.01. The van der Waals surface area contributed by atoms with E-state index in [2.05, 4.69) is 39.3 Å². The largest absolute Gasteiger partial charge is 0.306 e. The van der Waals surface area contributed by atoms with Crippen molar-refractivity contribution in [1.82, 2.24) is 15.1 Å². The fraction of sp³-hybridized carbons (Fsp3) is 0.357. The molecule has 1 heterocycles. The molecule has 0 amide bonds. The smallest absolute Gasteiger partial charge is 0.0608 e. The first-order chi connectivity index (χ1) is 9.11. The van der Waals surface area contributed by atoms with Crippen LogP contribution >= 0.6 is 27.5 Å². The van der Waals surface area contributed by atoms with Crippen LogP contribution in [0.25, 0.3) is 0 Å². The van der Waals surface area contributed by atoms with Crippen molar-refractivity contribution < 1.29 is 0 Å². The molecule has 1 aromatic carbocycles. The molecule has 1 atom stereocenters. The molecule has 0 aliphatic heterocycles. The Hall–Kier alpha value is -0.840. The Morgan fingerprint density at radius 2 is 2.21 bits per heavy atom. The molecule has 0 aliphatic rings. The second kappa shape index (κ2) is 6.55. The van der Waals surface area contributed by atoms with Crippen LogP contribution in [-0.4, -0.2) is 16.3 Å². The summed E-state index contributed by atoms with van der Waals surface area (Å²) < 4.78 is 2.73.